The summed E-state index contributed by atoms with van der Waals surface area (Å²) < 4.78 is 9.93. The summed E-state index contributed by atoms with van der Waals surface area (Å²) in [6.45, 7) is 3.92. The zero-order valence-corrected chi connectivity index (χ0v) is 10.4. The number of methoxy groups -OCH3 is 1. The molecular formula is C13H18O4. The van der Waals surface area contributed by atoms with E-state index < -0.39 is 12.1 Å². The Morgan fingerprint density at radius 3 is 2.76 bits per heavy atom. The zero-order chi connectivity index (χ0) is 12.8. The first-order chi connectivity index (χ1) is 8.08. The molecule has 0 aliphatic carbocycles. The smallest absolute Gasteiger partial charge is 0.335 e. The Labute approximate surface area is 101 Å². The van der Waals surface area contributed by atoms with Crippen molar-refractivity contribution in [1.29, 1.82) is 0 Å². The maximum Gasteiger partial charge on any atom is 0.335 e. The van der Waals surface area contributed by atoms with Crippen molar-refractivity contribution in [2.45, 2.75) is 26.4 Å². The van der Waals surface area contributed by atoms with Gasteiger partial charge in [0.1, 0.15) is 5.75 Å². The highest BCUT2D eigenvalue weighted by atomic mass is 16.5. The molecule has 1 aromatic carbocycles. The Balaban J connectivity index is 2.79. The lowest BCUT2D eigenvalue weighted by atomic mass is 10.0. The second kappa shape index (κ2) is 6.25. The maximum atomic E-state index is 11.3. The molecule has 1 rings (SSSR count). The molecule has 0 aliphatic rings. The van der Waals surface area contributed by atoms with Gasteiger partial charge >= 0.3 is 5.97 Å². The number of hydrogen-bond donors (Lipinski definition) is 1. The summed E-state index contributed by atoms with van der Waals surface area (Å²) in [5.74, 6) is 0.0648. The molecule has 0 aromatic heterocycles. The molecule has 0 spiro atoms. The molecule has 17 heavy (non-hydrogen) atoms. The van der Waals surface area contributed by atoms with Crippen molar-refractivity contribution in [2.24, 2.45) is 0 Å². The van der Waals surface area contributed by atoms with Gasteiger partial charge in [-0.15, -0.1) is 0 Å². The number of carbonyl (C=O) groups excluding carboxylic acids is 1. The van der Waals surface area contributed by atoms with Crippen LogP contribution in [-0.4, -0.2) is 30.9 Å². The summed E-state index contributed by atoms with van der Waals surface area (Å²) in [6, 6.07) is 5.63. The molecule has 1 aromatic rings. The van der Waals surface area contributed by atoms with Crippen LogP contribution in [-0.2, 0) is 16.0 Å². The number of esters is 1. The lowest BCUT2D eigenvalue weighted by Gasteiger charge is -2.13. The molecule has 4 heteroatoms. The van der Waals surface area contributed by atoms with E-state index in [4.69, 9.17) is 9.47 Å². The van der Waals surface area contributed by atoms with E-state index in [-0.39, 0.29) is 13.0 Å². The largest absolute Gasteiger partial charge is 0.496 e. The predicted molar refractivity (Wildman–Crippen MR) is 64.1 cm³/mol. The summed E-state index contributed by atoms with van der Waals surface area (Å²) in [5.41, 5.74) is 1.85. The van der Waals surface area contributed by atoms with Crippen LogP contribution in [0.25, 0.3) is 0 Å². The Kier molecular flexibility index (Phi) is 4.97. The van der Waals surface area contributed by atoms with Gasteiger partial charge in [0.05, 0.1) is 13.7 Å². The summed E-state index contributed by atoms with van der Waals surface area (Å²) in [6.07, 6.45) is -0.949. The number of rotatable bonds is 5. The molecule has 0 saturated heterocycles. The summed E-state index contributed by atoms with van der Waals surface area (Å²) in [5, 5.41) is 9.68. The van der Waals surface area contributed by atoms with Crippen LogP contribution >= 0.6 is 0 Å². The van der Waals surface area contributed by atoms with Gasteiger partial charge in [-0.3, -0.25) is 0 Å². The molecule has 94 valence electrons. The standard InChI is InChI=1S/C13H18O4/c1-4-17-13(15)11(14)8-10-7-9(2)5-6-12(10)16-3/h5-7,11,14H,4,8H2,1-3H3. The second-order valence-electron chi connectivity index (χ2n) is 3.79. The van der Waals surface area contributed by atoms with E-state index in [2.05, 4.69) is 0 Å². The highest BCUT2D eigenvalue weighted by molar-refractivity contribution is 5.74. The van der Waals surface area contributed by atoms with Crippen molar-refractivity contribution >= 4 is 5.97 Å². The molecule has 0 fully saturated rings. The van der Waals surface area contributed by atoms with E-state index in [0.29, 0.717) is 5.75 Å². The Morgan fingerprint density at radius 2 is 2.18 bits per heavy atom. The van der Waals surface area contributed by atoms with E-state index in [9.17, 15) is 9.90 Å². The van der Waals surface area contributed by atoms with Gasteiger partial charge in [-0.25, -0.2) is 4.79 Å². The predicted octanol–water partition coefficient (Wildman–Crippen LogP) is 1.47. The fourth-order valence-electron chi connectivity index (χ4n) is 1.60. The number of carbonyl (C=O) groups is 1. The Hall–Kier alpha value is -1.55. The number of benzene rings is 1. The van der Waals surface area contributed by atoms with Crippen LogP contribution in [0.5, 0.6) is 5.75 Å². The Morgan fingerprint density at radius 1 is 1.47 bits per heavy atom. The van der Waals surface area contributed by atoms with Crippen LogP contribution in [0.2, 0.25) is 0 Å². The Bertz CT molecular complexity index is 387. The molecule has 1 N–H and O–H groups in total. The van der Waals surface area contributed by atoms with E-state index in [1.807, 2.05) is 25.1 Å². The molecule has 0 saturated carbocycles. The van der Waals surface area contributed by atoms with Crippen molar-refractivity contribution in [2.75, 3.05) is 13.7 Å². The van der Waals surface area contributed by atoms with Crippen molar-refractivity contribution in [1.82, 2.24) is 0 Å². The molecule has 4 nitrogen and oxygen atoms in total. The fourth-order valence-corrected chi connectivity index (χ4v) is 1.60. The van der Waals surface area contributed by atoms with E-state index in [1.54, 1.807) is 14.0 Å². The van der Waals surface area contributed by atoms with Crippen molar-refractivity contribution in [3.05, 3.63) is 29.3 Å². The molecule has 0 aliphatic heterocycles. The zero-order valence-electron chi connectivity index (χ0n) is 10.4. The van der Waals surface area contributed by atoms with Gasteiger partial charge in [0, 0.05) is 6.42 Å². The number of ether oxygens (including phenoxy) is 2. The first-order valence-electron chi connectivity index (χ1n) is 5.56. The first kappa shape index (κ1) is 13.5. The van der Waals surface area contributed by atoms with E-state index >= 15 is 0 Å². The summed E-state index contributed by atoms with van der Waals surface area (Å²) in [7, 11) is 1.56. The lowest BCUT2D eigenvalue weighted by Crippen LogP contribution is -2.25. The third kappa shape index (κ3) is 3.75. The van der Waals surface area contributed by atoms with Gasteiger partial charge in [0.25, 0.3) is 0 Å². The second-order valence-corrected chi connectivity index (χ2v) is 3.79. The minimum Gasteiger partial charge on any atom is -0.496 e. The number of aryl methyl sites for hydroxylation is 1. The highest BCUT2D eigenvalue weighted by Gasteiger charge is 2.18. The average molecular weight is 238 g/mol. The molecule has 0 bridgehead atoms. The van der Waals surface area contributed by atoms with Gasteiger partial charge in [-0.2, -0.15) is 0 Å². The molecule has 1 unspecified atom stereocenters. The lowest BCUT2D eigenvalue weighted by molar-refractivity contribution is -0.152. The highest BCUT2D eigenvalue weighted by Crippen LogP contribution is 2.21. The van der Waals surface area contributed by atoms with Crippen LogP contribution in [0, 0.1) is 6.92 Å². The molecule has 0 radical (unpaired) electrons. The summed E-state index contributed by atoms with van der Waals surface area (Å²) >= 11 is 0. The van der Waals surface area contributed by atoms with Crippen LogP contribution < -0.4 is 4.74 Å². The number of aliphatic hydroxyl groups is 1. The fraction of sp³-hybridized carbons (Fsp3) is 0.462. The van der Waals surface area contributed by atoms with Crippen LogP contribution in [0.4, 0.5) is 0 Å². The normalized spacial score (nSPS) is 12.0. The summed E-state index contributed by atoms with van der Waals surface area (Å²) in [4.78, 5) is 11.3. The molecule has 1 atom stereocenters. The third-order valence-corrected chi connectivity index (χ3v) is 2.41. The maximum absolute atomic E-state index is 11.3. The van der Waals surface area contributed by atoms with Crippen molar-refractivity contribution < 1.29 is 19.4 Å². The van der Waals surface area contributed by atoms with Crippen LogP contribution in [0.15, 0.2) is 18.2 Å². The van der Waals surface area contributed by atoms with Gasteiger partial charge in [-0.1, -0.05) is 17.7 Å². The topological polar surface area (TPSA) is 55.8 Å². The molecule has 0 amide bonds. The third-order valence-electron chi connectivity index (χ3n) is 2.41. The SMILES string of the molecule is CCOC(=O)C(O)Cc1cc(C)ccc1OC. The van der Waals surface area contributed by atoms with Crippen LogP contribution in [0.1, 0.15) is 18.1 Å². The average Bonchev–Trinajstić information content (AvgIpc) is 2.29. The number of aliphatic hydroxyl groups excluding tert-OH is 1. The van der Waals surface area contributed by atoms with E-state index in [1.165, 1.54) is 0 Å². The minimum atomic E-state index is -1.15. The van der Waals surface area contributed by atoms with Gasteiger partial charge in [-0.05, 0) is 25.5 Å². The van der Waals surface area contributed by atoms with Gasteiger partial charge < -0.3 is 14.6 Å². The minimum absolute atomic E-state index is 0.198. The van der Waals surface area contributed by atoms with Crippen molar-refractivity contribution in [3.8, 4) is 5.75 Å². The van der Waals surface area contributed by atoms with Crippen LogP contribution in [0.3, 0.4) is 0 Å². The molecular weight excluding hydrogens is 220 g/mol. The number of hydrogen-bond acceptors (Lipinski definition) is 4. The molecule has 0 heterocycles. The van der Waals surface area contributed by atoms with Gasteiger partial charge in [0.2, 0.25) is 0 Å². The van der Waals surface area contributed by atoms with Gasteiger partial charge in [0.15, 0.2) is 6.10 Å². The van der Waals surface area contributed by atoms with Crippen molar-refractivity contribution in [3.63, 3.8) is 0 Å². The monoisotopic (exact) mass is 238 g/mol. The quantitative estimate of drug-likeness (QED) is 0.789. The first-order valence-corrected chi connectivity index (χ1v) is 5.56. The van der Waals surface area contributed by atoms with E-state index in [0.717, 1.165) is 11.1 Å².